The largest absolute Gasteiger partial charge is 0.496 e. The Kier molecular flexibility index (Phi) is 3.47. The molecule has 0 saturated carbocycles. The number of ether oxygens (including phenoxy) is 1. The number of aliphatic imine (C=N–C) groups is 1. The fraction of sp³-hybridized carbons (Fsp3) is 0.0625. The predicted molar refractivity (Wildman–Crippen MR) is 79.9 cm³/mol. The van der Waals surface area contributed by atoms with Crippen LogP contribution in [0.1, 0.15) is 11.1 Å². The van der Waals surface area contributed by atoms with Gasteiger partial charge in [0.05, 0.1) is 12.7 Å². The van der Waals surface area contributed by atoms with Crippen molar-refractivity contribution in [2.24, 2.45) is 4.99 Å². The van der Waals surface area contributed by atoms with Gasteiger partial charge in [0.1, 0.15) is 17.3 Å². The Hall–Kier alpha value is -2.95. The van der Waals surface area contributed by atoms with Crippen LogP contribution in [0, 0.1) is 0 Å². The number of aromatic nitrogens is 1. The number of amides is 1. The highest BCUT2D eigenvalue weighted by Crippen LogP contribution is 2.21. The highest BCUT2D eigenvalue weighted by molar-refractivity contribution is 6.20. The van der Waals surface area contributed by atoms with E-state index in [2.05, 4.69) is 15.3 Å². The molecule has 5 nitrogen and oxygen atoms in total. The minimum Gasteiger partial charge on any atom is -0.496 e. The van der Waals surface area contributed by atoms with Crippen LogP contribution in [0.15, 0.2) is 59.5 Å². The van der Waals surface area contributed by atoms with Gasteiger partial charge in [0.25, 0.3) is 5.91 Å². The Morgan fingerprint density at radius 1 is 1.19 bits per heavy atom. The van der Waals surface area contributed by atoms with Crippen molar-refractivity contribution in [1.82, 2.24) is 10.3 Å². The van der Waals surface area contributed by atoms with Crippen LogP contribution in [0.2, 0.25) is 0 Å². The van der Waals surface area contributed by atoms with Gasteiger partial charge in [0, 0.05) is 12.4 Å². The Labute approximate surface area is 122 Å². The Morgan fingerprint density at radius 2 is 2.05 bits per heavy atom. The first kappa shape index (κ1) is 13.1. The molecule has 104 valence electrons. The van der Waals surface area contributed by atoms with Crippen molar-refractivity contribution in [3.05, 3.63) is 65.6 Å². The standard InChI is InChI=1S/C16H13N3O2/c1-21-14-7-3-2-6-12(14)15-18-13(16(20)19-15)9-11-5-4-8-17-10-11/h2-10H,1H3,(H,18,19,20)/b13-9+. The molecule has 2 heterocycles. The third-order valence-corrected chi connectivity index (χ3v) is 3.05. The van der Waals surface area contributed by atoms with E-state index in [9.17, 15) is 4.79 Å². The number of rotatable bonds is 3. The third kappa shape index (κ3) is 2.67. The van der Waals surface area contributed by atoms with Crippen LogP contribution < -0.4 is 10.1 Å². The summed E-state index contributed by atoms with van der Waals surface area (Å²) < 4.78 is 5.28. The minimum atomic E-state index is -0.236. The van der Waals surface area contributed by atoms with Crippen LogP contribution in [-0.4, -0.2) is 23.8 Å². The number of amidine groups is 1. The summed E-state index contributed by atoms with van der Waals surface area (Å²) in [5.41, 5.74) is 1.93. The predicted octanol–water partition coefficient (Wildman–Crippen LogP) is 2.01. The topological polar surface area (TPSA) is 63.6 Å². The van der Waals surface area contributed by atoms with E-state index in [1.54, 1.807) is 25.6 Å². The molecule has 0 atom stereocenters. The van der Waals surface area contributed by atoms with Crippen LogP contribution in [0.4, 0.5) is 0 Å². The highest BCUT2D eigenvalue weighted by atomic mass is 16.5. The van der Waals surface area contributed by atoms with Gasteiger partial charge in [-0.15, -0.1) is 0 Å². The van der Waals surface area contributed by atoms with Crippen molar-refractivity contribution >= 4 is 17.8 Å². The van der Waals surface area contributed by atoms with Gasteiger partial charge in [-0.1, -0.05) is 18.2 Å². The van der Waals surface area contributed by atoms with Crippen LogP contribution in [0.25, 0.3) is 6.08 Å². The van der Waals surface area contributed by atoms with Crippen molar-refractivity contribution in [1.29, 1.82) is 0 Å². The summed E-state index contributed by atoms with van der Waals surface area (Å²) in [6.07, 6.45) is 5.06. The van der Waals surface area contributed by atoms with Gasteiger partial charge in [-0.3, -0.25) is 9.78 Å². The van der Waals surface area contributed by atoms with Gasteiger partial charge in [0.15, 0.2) is 0 Å². The molecule has 2 aromatic rings. The van der Waals surface area contributed by atoms with E-state index in [0.29, 0.717) is 17.3 Å². The molecule has 0 aliphatic carbocycles. The molecule has 0 saturated heterocycles. The van der Waals surface area contributed by atoms with E-state index >= 15 is 0 Å². The lowest BCUT2D eigenvalue weighted by Gasteiger charge is -2.06. The summed E-state index contributed by atoms with van der Waals surface area (Å²) in [6, 6.07) is 11.1. The van der Waals surface area contributed by atoms with Gasteiger partial charge in [-0.05, 0) is 29.8 Å². The van der Waals surface area contributed by atoms with Crippen LogP contribution in [0.3, 0.4) is 0 Å². The zero-order valence-corrected chi connectivity index (χ0v) is 11.4. The van der Waals surface area contributed by atoms with Crippen LogP contribution in [0.5, 0.6) is 5.75 Å². The number of benzene rings is 1. The van der Waals surface area contributed by atoms with Gasteiger partial charge < -0.3 is 10.1 Å². The van der Waals surface area contributed by atoms with Crippen LogP contribution >= 0.6 is 0 Å². The second-order valence-electron chi connectivity index (χ2n) is 4.43. The summed E-state index contributed by atoms with van der Waals surface area (Å²) in [5, 5.41) is 2.76. The SMILES string of the molecule is COc1ccccc1C1=N/C(=C/c2cccnc2)C(=O)N1. The zero-order chi connectivity index (χ0) is 14.7. The molecule has 0 spiro atoms. The number of hydrogen-bond donors (Lipinski definition) is 1. The molecule has 0 fully saturated rings. The Balaban J connectivity index is 1.98. The lowest BCUT2D eigenvalue weighted by molar-refractivity contribution is -0.115. The number of nitrogens with one attached hydrogen (secondary N) is 1. The molecule has 1 aromatic heterocycles. The molecule has 3 rings (SSSR count). The molecule has 1 amide bonds. The summed E-state index contributed by atoms with van der Waals surface area (Å²) in [4.78, 5) is 20.4. The van der Waals surface area contributed by atoms with E-state index in [0.717, 1.165) is 11.1 Å². The summed E-state index contributed by atoms with van der Waals surface area (Å²) in [7, 11) is 1.59. The van der Waals surface area contributed by atoms with Crippen molar-refractivity contribution in [3.8, 4) is 5.75 Å². The van der Waals surface area contributed by atoms with E-state index in [-0.39, 0.29) is 5.91 Å². The zero-order valence-electron chi connectivity index (χ0n) is 11.4. The van der Waals surface area contributed by atoms with Crippen molar-refractivity contribution < 1.29 is 9.53 Å². The number of nitrogens with zero attached hydrogens (tertiary/aromatic N) is 2. The quantitative estimate of drug-likeness (QED) is 0.874. The number of pyridine rings is 1. The molecule has 1 aromatic carbocycles. The molecular formula is C16H13N3O2. The molecule has 5 heteroatoms. The second-order valence-corrected chi connectivity index (χ2v) is 4.43. The number of hydrogen-bond acceptors (Lipinski definition) is 4. The fourth-order valence-electron chi connectivity index (χ4n) is 2.06. The van der Waals surface area contributed by atoms with Crippen molar-refractivity contribution in [2.45, 2.75) is 0 Å². The van der Waals surface area contributed by atoms with Crippen molar-refractivity contribution in [2.75, 3.05) is 7.11 Å². The maximum Gasteiger partial charge on any atom is 0.275 e. The molecule has 0 unspecified atom stereocenters. The van der Waals surface area contributed by atoms with E-state index in [1.807, 2.05) is 36.4 Å². The summed E-state index contributed by atoms with van der Waals surface area (Å²) in [6.45, 7) is 0. The first-order chi connectivity index (χ1) is 10.3. The first-order valence-electron chi connectivity index (χ1n) is 6.43. The Bertz CT molecular complexity index is 736. The molecule has 0 bridgehead atoms. The minimum absolute atomic E-state index is 0.236. The molecule has 1 aliphatic heterocycles. The fourth-order valence-corrected chi connectivity index (χ4v) is 2.06. The first-order valence-corrected chi connectivity index (χ1v) is 6.43. The van der Waals surface area contributed by atoms with E-state index in [1.165, 1.54) is 0 Å². The average Bonchev–Trinajstić information content (AvgIpc) is 2.89. The lowest BCUT2D eigenvalue weighted by Crippen LogP contribution is -2.25. The van der Waals surface area contributed by atoms with E-state index < -0.39 is 0 Å². The number of carbonyl (C=O) groups is 1. The van der Waals surface area contributed by atoms with Crippen molar-refractivity contribution in [3.63, 3.8) is 0 Å². The van der Waals surface area contributed by atoms with Gasteiger partial charge >= 0.3 is 0 Å². The second kappa shape index (κ2) is 5.58. The smallest absolute Gasteiger partial charge is 0.275 e. The Morgan fingerprint density at radius 3 is 2.81 bits per heavy atom. The maximum absolute atomic E-state index is 12.0. The molecule has 1 aliphatic rings. The third-order valence-electron chi connectivity index (χ3n) is 3.05. The molecule has 21 heavy (non-hydrogen) atoms. The van der Waals surface area contributed by atoms with Crippen LogP contribution in [-0.2, 0) is 4.79 Å². The molecule has 1 N–H and O–H groups in total. The molecule has 0 radical (unpaired) electrons. The number of methoxy groups -OCH3 is 1. The number of para-hydroxylation sites is 1. The monoisotopic (exact) mass is 279 g/mol. The lowest BCUT2D eigenvalue weighted by atomic mass is 10.2. The van der Waals surface area contributed by atoms with Gasteiger partial charge in [-0.2, -0.15) is 0 Å². The van der Waals surface area contributed by atoms with Gasteiger partial charge in [-0.25, -0.2) is 4.99 Å². The number of carbonyl (C=O) groups excluding carboxylic acids is 1. The van der Waals surface area contributed by atoms with E-state index in [4.69, 9.17) is 4.74 Å². The maximum atomic E-state index is 12.0. The summed E-state index contributed by atoms with van der Waals surface area (Å²) >= 11 is 0. The summed E-state index contributed by atoms with van der Waals surface area (Å²) in [5.74, 6) is 0.923. The molecular weight excluding hydrogens is 266 g/mol. The van der Waals surface area contributed by atoms with Gasteiger partial charge in [0.2, 0.25) is 0 Å². The average molecular weight is 279 g/mol. The normalized spacial score (nSPS) is 15.8. The highest BCUT2D eigenvalue weighted by Gasteiger charge is 2.23.